The van der Waals surface area contributed by atoms with Crippen LogP contribution >= 0.6 is 0 Å². The van der Waals surface area contributed by atoms with Gasteiger partial charge in [0.15, 0.2) is 11.5 Å². The third kappa shape index (κ3) is 3.86. The Balaban J connectivity index is 1.75. The van der Waals surface area contributed by atoms with Crippen molar-refractivity contribution in [3.63, 3.8) is 0 Å². The first-order valence-electron chi connectivity index (χ1n) is 8.15. The lowest BCUT2D eigenvalue weighted by atomic mass is 9.92. The Kier molecular flexibility index (Phi) is 4.86. The molecule has 3 N–H and O–H groups in total. The molecule has 1 amide bonds. The van der Waals surface area contributed by atoms with E-state index >= 15 is 0 Å². The van der Waals surface area contributed by atoms with E-state index in [0.717, 1.165) is 19.3 Å². The maximum absolute atomic E-state index is 12.5. The highest BCUT2D eigenvalue weighted by atomic mass is 16.2. The number of nitrogens with zero attached hydrogens (tertiary/aromatic N) is 2. The highest BCUT2D eigenvalue weighted by molar-refractivity contribution is 5.96. The van der Waals surface area contributed by atoms with Crippen molar-refractivity contribution in [2.45, 2.75) is 38.1 Å². The van der Waals surface area contributed by atoms with Crippen LogP contribution in [0, 0.1) is 5.92 Å². The fourth-order valence-electron chi connectivity index (χ4n) is 3.32. The van der Waals surface area contributed by atoms with Crippen LogP contribution < -0.4 is 11.1 Å². The molecule has 1 unspecified atom stereocenters. The number of amides is 1. The first kappa shape index (κ1) is 15.5. The van der Waals surface area contributed by atoms with Gasteiger partial charge in [0.2, 0.25) is 0 Å². The highest BCUT2D eigenvalue weighted by Gasteiger charge is 2.27. The molecule has 3 rings (SSSR count). The van der Waals surface area contributed by atoms with Crippen molar-refractivity contribution in [1.29, 1.82) is 0 Å². The molecule has 1 atom stereocenters. The Hall–Kier alpha value is -2.43. The highest BCUT2D eigenvalue weighted by Crippen LogP contribution is 2.29. The second kappa shape index (κ2) is 7.22. The number of hydrogen-bond donors (Lipinski definition) is 2. The zero-order chi connectivity index (χ0) is 16.1. The molecule has 0 aliphatic heterocycles. The summed E-state index contributed by atoms with van der Waals surface area (Å²) in [5.74, 6) is 0.454. The molecular formula is C18H22N4O. The standard InChI is InChI=1S/C18H22N4O/c19-17-16(20-10-11-21-17)18(23)22-15(14-8-4-5-9-14)12-13-6-2-1-3-7-13/h1-3,6-7,10-11,14-15H,4-5,8-9,12H2,(H2,19,21)(H,22,23). The SMILES string of the molecule is Nc1nccnc1C(=O)NC(Cc1ccccc1)C1CCCC1. The minimum absolute atomic E-state index is 0.105. The molecule has 2 aromatic rings. The normalized spacial score (nSPS) is 16.2. The summed E-state index contributed by atoms with van der Waals surface area (Å²) < 4.78 is 0. The predicted octanol–water partition coefficient (Wildman–Crippen LogP) is 2.59. The summed E-state index contributed by atoms with van der Waals surface area (Å²) in [4.78, 5) is 20.5. The van der Waals surface area contributed by atoms with Crippen LogP contribution in [0.3, 0.4) is 0 Å². The monoisotopic (exact) mass is 310 g/mol. The number of nitrogen functional groups attached to an aromatic ring is 1. The van der Waals surface area contributed by atoms with Crippen molar-refractivity contribution < 1.29 is 4.79 Å². The number of rotatable bonds is 5. The Morgan fingerprint density at radius 1 is 1.17 bits per heavy atom. The molecule has 120 valence electrons. The van der Waals surface area contributed by atoms with E-state index in [-0.39, 0.29) is 23.5 Å². The summed E-state index contributed by atoms with van der Waals surface area (Å²) in [6.07, 6.45) is 8.61. The van der Waals surface area contributed by atoms with Crippen LogP contribution in [0.5, 0.6) is 0 Å². The topological polar surface area (TPSA) is 80.9 Å². The molecule has 0 radical (unpaired) electrons. The number of nitrogens with one attached hydrogen (secondary N) is 1. The summed E-state index contributed by atoms with van der Waals surface area (Å²) in [5.41, 5.74) is 7.21. The van der Waals surface area contributed by atoms with Gasteiger partial charge in [0.05, 0.1) is 0 Å². The average molecular weight is 310 g/mol. The zero-order valence-electron chi connectivity index (χ0n) is 13.1. The van der Waals surface area contributed by atoms with Gasteiger partial charge < -0.3 is 11.1 Å². The van der Waals surface area contributed by atoms with Crippen molar-refractivity contribution in [2.75, 3.05) is 5.73 Å². The molecule has 0 saturated heterocycles. The van der Waals surface area contributed by atoms with E-state index in [1.54, 1.807) is 0 Å². The number of benzene rings is 1. The van der Waals surface area contributed by atoms with Crippen molar-refractivity contribution in [2.24, 2.45) is 5.92 Å². The van der Waals surface area contributed by atoms with Crippen LogP contribution in [0.4, 0.5) is 5.82 Å². The zero-order valence-corrected chi connectivity index (χ0v) is 13.1. The van der Waals surface area contributed by atoms with Crippen molar-refractivity contribution in [1.82, 2.24) is 15.3 Å². The number of carbonyl (C=O) groups is 1. The van der Waals surface area contributed by atoms with Crippen LogP contribution in [0.2, 0.25) is 0 Å². The van der Waals surface area contributed by atoms with Crippen molar-refractivity contribution >= 4 is 11.7 Å². The number of carbonyl (C=O) groups excluding carboxylic acids is 1. The summed E-state index contributed by atoms with van der Waals surface area (Å²) in [7, 11) is 0. The van der Waals surface area contributed by atoms with E-state index in [9.17, 15) is 4.79 Å². The molecule has 1 aromatic heterocycles. The van der Waals surface area contributed by atoms with Crippen LogP contribution in [0.15, 0.2) is 42.7 Å². The first-order chi connectivity index (χ1) is 11.2. The Morgan fingerprint density at radius 2 is 1.87 bits per heavy atom. The first-order valence-corrected chi connectivity index (χ1v) is 8.15. The Bertz CT molecular complexity index is 653. The van der Waals surface area contributed by atoms with Crippen LogP contribution in [-0.2, 0) is 6.42 Å². The average Bonchev–Trinajstić information content (AvgIpc) is 3.10. The van der Waals surface area contributed by atoms with E-state index in [1.165, 1.54) is 30.8 Å². The van der Waals surface area contributed by atoms with Crippen LogP contribution in [-0.4, -0.2) is 21.9 Å². The second-order valence-electron chi connectivity index (χ2n) is 6.10. The van der Waals surface area contributed by atoms with Crippen LogP contribution in [0.1, 0.15) is 41.7 Å². The molecule has 1 saturated carbocycles. The van der Waals surface area contributed by atoms with Gasteiger partial charge in [-0.05, 0) is 30.7 Å². The fourth-order valence-corrected chi connectivity index (χ4v) is 3.32. The van der Waals surface area contributed by atoms with Crippen molar-refractivity contribution in [3.8, 4) is 0 Å². The van der Waals surface area contributed by atoms with E-state index in [0.29, 0.717) is 5.92 Å². The van der Waals surface area contributed by atoms with Gasteiger partial charge in [-0.3, -0.25) is 4.79 Å². The lowest BCUT2D eigenvalue weighted by Gasteiger charge is -2.25. The minimum atomic E-state index is -0.233. The van der Waals surface area contributed by atoms with Gasteiger partial charge in [-0.1, -0.05) is 43.2 Å². The molecule has 1 aliphatic rings. The number of anilines is 1. The molecule has 1 heterocycles. The van der Waals surface area contributed by atoms with Crippen LogP contribution in [0.25, 0.3) is 0 Å². The second-order valence-corrected chi connectivity index (χ2v) is 6.10. The molecule has 1 fully saturated rings. The Morgan fingerprint density at radius 3 is 2.57 bits per heavy atom. The van der Waals surface area contributed by atoms with Gasteiger partial charge in [-0.2, -0.15) is 0 Å². The summed E-state index contributed by atoms with van der Waals surface area (Å²) in [6, 6.07) is 10.4. The number of nitrogens with two attached hydrogens (primary N) is 1. The molecule has 5 heteroatoms. The summed E-state index contributed by atoms with van der Waals surface area (Å²) >= 11 is 0. The minimum Gasteiger partial charge on any atom is -0.382 e. The molecule has 1 aromatic carbocycles. The van der Waals surface area contributed by atoms with E-state index < -0.39 is 0 Å². The summed E-state index contributed by atoms with van der Waals surface area (Å²) in [6.45, 7) is 0. The largest absolute Gasteiger partial charge is 0.382 e. The Labute approximate surface area is 136 Å². The lowest BCUT2D eigenvalue weighted by molar-refractivity contribution is 0.0917. The summed E-state index contributed by atoms with van der Waals surface area (Å²) in [5, 5.41) is 3.14. The molecule has 0 bridgehead atoms. The fraction of sp³-hybridized carbons (Fsp3) is 0.389. The molecular weight excluding hydrogens is 288 g/mol. The van der Waals surface area contributed by atoms with E-state index in [1.807, 2.05) is 18.2 Å². The third-order valence-corrected chi connectivity index (χ3v) is 4.53. The molecule has 0 spiro atoms. The van der Waals surface area contributed by atoms with Gasteiger partial charge in [-0.15, -0.1) is 0 Å². The predicted molar refractivity (Wildman–Crippen MR) is 89.8 cm³/mol. The maximum atomic E-state index is 12.5. The molecule has 1 aliphatic carbocycles. The number of aromatic nitrogens is 2. The number of hydrogen-bond acceptors (Lipinski definition) is 4. The lowest BCUT2D eigenvalue weighted by Crippen LogP contribution is -2.41. The quantitative estimate of drug-likeness (QED) is 0.889. The van der Waals surface area contributed by atoms with E-state index in [2.05, 4.69) is 27.4 Å². The van der Waals surface area contributed by atoms with E-state index in [4.69, 9.17) is 5.73 Å². The van der Waals surface area contributed by atoms with Gasteiger partial charge in [0.1, 0.15) is 0 Å². The van der Waals surface area contributed by atoms with Gasteiger partial charge >= 0.3 is 0 Å². The molecule has 5 nitrogen and oxygen atoms in total. The van der Waals surface area contributed by atoms with Gasteiger partial charge in [0, 0.05) is 18.4 Å². The maximum Gasteiger partial charge on any atom is 0.273 e. The molecule has 23 heavy (non-hydrogen) atoms. The third-order valence-electron chi connectivity index (χ3n) is 4.53. The van der Waals surface area contributed by atoms with Gasteiger partial charge in [-0.25, -0.2) is 9.97 Å². The van der Waals surface area contributed by atoms with Gasteiger partial charge in [0.25, 0.3) is 5.91 Å². The van der Waals surface area contributed by atoms with Crippen molar-refractivity contribution in [3.05, 3.63) is 54.0 Å². The smallest absolute Gasteiger partial charge is 0.273 e.